The highest BCUT2D eigenvalue weighted by Crippen LogP contribution is 2.23. The van der Waals surface area contributed by atoms with Crippen molar-refractivity contribution in [2.45, 2.75) is 38.6 Å². The lowest BCUT2D eigenvalue weighted by Gasteiger charge is -2.23. The third-order valence-corrected chi connectivity index (χ3v) is 6.99. The largest absolute Gasteiger partial charge is 0.324 e. The Balaban J connectivity index is 1.90. The van der Waals surface area contributed by atoms with Crippen molar-refractivity contribution in [3.63, 3.8) is 0 Å². The van der Waals surface area contributed by atoms with E-state index >= 15 is 0 Å². The molecule has 0 aliphatic carbocycles. The summed E-state index contributed by atoms with van der Waals surface area (Å²) in [4.78, 5) is 13.1. The van der Waals surface area contributed by atoms with Crippen LogP contribution in [0.5, 0.6) is 0 Å². The Morgan fingerprint density at radius 1 is 0.903 bits per heavy atom. The van der Waals surface area contributed by atoms with E-state index in [4.69, 9.17) is 0 Å². The van der Waals surface area contributed by atoms with Crippen LogP contribution < -0.4 is 5.32 Å². The minimum atomic E-state index is -3.86. The van der Waals surface area contributed by atoms with Crippen molar-refractivity contribution >= 4 is 21.6 Å². The number of benzene rings is 3. The first-order valence-corrected chi connectivity index (χ1v) is 11.7. The van der Waals surface area contributed by atoms with Crippen molar-refractivity contribution < 1.29 is 13.2 Å². The second-order valence-electron chi connectivity index (χ2n) is 7.58. The van der Waals surface area contributed by atoms with Crippen LogP contribution in [0.2, 0.25) is 0 Å². The second-order valence-corrected chi connectivity index (χ2v) is 9.52. The van der Waals surface area contributed by atoms with E-state index in [1.54, 1.807) is 24.3 Å². The summed E-state index contributed by atoms with van der Waals surface area (Å²) < 4.78 is 28.0. The molecular formula is C25H28N2O3S. The molecule has 1 amide bonds. The fourth-order valence-corrected chi connectivity index (χ4v) is 4.80. The third kappa shape index (κ3) is 5.60. The summed E-state index contributed by atoms with van der Waals surface area (Å²) in [5, 5.41) is 2.93. The number of nitrogens with one attached hydrogen (secondary N) is 1. The molecule has 0 unspecified atom stereocenters. The van der Waals surface area contributed by atoms with Gasteiger partial charge in [0.05, 0.1) is 11.4 Å². The van der Waals surface area contributed by atoms with Gasteiger partial charge in [0, 0.05) is 12.2 Å². The summed E-state index contributed by atoms with van der Waals surface area (Å²) in [6, 6.07) is 21.8. The fraction of sp³-hybridized carbons (Fsp3) is 0.240. The maximum Gasteiger partial charge on any atom is 0.243 e. The lowest BCUT2D eigenvalue weighted by molar-refractivity contribution is -0.116. The van der Waals surface area contributed by atoms with Gasteiger partial charge in [-0.3, -0.25) is 4.79 Å². The van der Waals surface area contributed by atoms with Gasteiger partial charge in [0.25, 0.3) is 0 Å². The van der Waals surface area contributed by atoms with Crippen molar-refractivity contribution in [3.05, 3.63) is 95.1 Å². The van der Waals surface area contributed by atoms with Gasteiger partial charge in [-0.15, -0.1) is 0 Å². The zero-order chi connectivity index (χ0) is 22.4. The molecule has 0 fully saturated rings. The van der Waals surface area contributed by atoms with E-state index in [1.807, 2.05) is 69.3 Å². The van der Waals surface area contributed by atoms with Crippen LogP contribution in [0.3, 0.4) is 0 Å². The Morgan fingerprint density at radius 2 is 1.58 bits per heavy atom. The fourth-order valence-electron chi connectivity index (χ4n) is 3.41. The zero-order valence-corrected chi connectivity index (χ0v) is 18.9. The SMILES string of the molecule is CCc1cccc(C)c1NC(=O)CN(Cc1ccccc1)S(=O)(=O)c1ccc(C)cc1. The first kappa shape index (κ1) is 22.7. The Labute approximate surface area is 184 Å². The first-order valence-electron chi connectivity index (χ1n) is 10.3. The molecule has 0 heterocycles. The van der Waals surface area contributed by atoms with Crippen molar-refractivity contribution in [2.24, 2.45) is 0 Å². The average Bonchev–Trinajstić information content (AvgIpc) is 2.75. The van der Waals surface area contributed by atoms with Crippen LogP contribution in [0, 0.1) is 13.8 Å². The Kier molecular flexibility index (Phi) is 7.25. The van der Waals surface area contributed by atoms with Crippen molar-refractivity contribution in [2.75, 3.05) is 11.9 Å². The van der Waals surface area contributed by atoms with E-state index in [1.165, 1.54) is 4.31 Å². The summed E-state index contributed by atoms with van der Waals surface area (Å²) in [6.07, 6.45) is 0.771. The minimum Gasteiger partial charge on any atom is -0.324 e. The topological polar surface area (TPSA) is 66.5 Å². The molecule has 0 radical (unpaired) electrons. The van der Waals surface area contributed by atoms with Crippen LogP contribution >= 0.6 is 0 Å². The molecule has 0 saturated carbocycles. The lowest BCUT2D eigenvalue weighted by atomic mass is 10.1. The van der Waals surface area contributed by atoms with Gasteiger partial charge in [-0.05, 0) is 49.1 Å². The van der Waals surface area contributed by atoms with Gasteiger partial charge in [0.15, 0.2) is 0 Å². The quantitative estimate of drug-likeness (QED) is 0.557. The van der Waals surface area contributed by atoms with Crippen molar-refractivity contribution in [3.8, 4) is 0 Å². The monoisotopic (exact) mass is 436 g/mol. The Hall–Kier alpha value is -2.96. The number of hydrogen-bond donors (Lipinski definition) is 1. The van der Waals surface area contributed by atoms with Gasteiger partial charge in [-0.2, -0.15) is 4.31 Å². The van der Waals surface area contributed by atoms with Crippen molar-refractivity contribution in [1.29, 1.82) is 0 Å². The van der Waals surface area contributed by atoms with Crippen LogP contribution in [0.4, 0.5) is 5.69 Å². The maximum atomic E-state index is 13.4. The Bertz CT molecular complexity index is 1140. The number of nitrogens with zero attached hydrogens (tertiary/aromatic N) is 1. The van der Waals surface area contributed by atoms with E-state index in [9.17, 15) is 13.2 Å². The van der Waals surface area contributed by atoms with Crippen LogP contribution in [-0.2, 0) is 27.8 Å². The van der Waals surface area contributed by atoms with Gasteiger partial charge in [0.2, 0.25) is 15.9 Å². The smallest absolute Gasteiger partial charge is 0.243 e. The number of sulfonamides is 1. The van der Waals surface area contributed by atoms with E-state index in [-0.39, 0.29) is 23.9 Å². The number of para-hydroxylation sites is 1. The second kappa shape index (κ2) is 9.90. The molecule has 3 rings (SSSR count). The number of amides is 1. The molecule has 3 aromatic carbocycles. The molecule has 0 atom stereocenters. The molecule has 0 saturated heterocycles. The number of rotatable bonds is 8. The zero-order valence-electron chi connectivity index (χ0n) is 18.1. The number of hydrogen-bond acceptors (Lipinski definition) is 3. The number of carbonyl (C=O) groups is 1. The molecule has 0 aliphatic rings. The van der Waals surface area contributed by atoms with E-state index in [2.05, 4.69) is 5.32 Å². The Morgan fingerprint density at radius 3 is 2.23 bits per heavy atom. The van der Waals surface area contributed by atoms with Gasteiger partial charge < -0.3 is 5.32 Å². The molecule has 6 heteroatoms. The highest BCUT2D eigenvalue weighted by atomic mass is 32.2. The molecule has 1 N–H and O–H groups in total. The van der Waals surface area contributed by atoms with E-state index in [0.717, 1.165) is 34.4 Å². The van der Waals surface area contributed by atoms with E-state index < -0.39 is 10.0 Å². The number of anilines is 1. The van der Waals surface area contributed by atoms with Crippen LogP contribution in [-0.4, -0.2) is 25.2 Å². The average molecular weight is 437 g/mol. The maximum absolute atomic E-state index is 13.4. The highest BCUT2D eigenvalue weighted by molar-refractivity contribution is 7.89. The molecule has 0 spiro atoms. The minimum absolute atomic E-state index is 0.110. The van der Waals surface area contributed by atoms with Gasteiger partial charge >= 0.3 is 0 Å². The first-order chi connectivity index (χ1) is 14.8. The standard InChI is InChI=1S/C25H28N2O3S/c1-4-22-12-8-9-20(3)25(22)26-24(28)18-27(17-21-10-6-5-7-11-21)31(29,30)23-15-13-19(2)14-16-23/h5-16H,4,17-18H2,1-3H3,(H,26,28). The molecule has 0 aliphatic heterocycles. The van der Waals surface area contributed by atoms with Crippen LogP contribution in [0.1, 0.15) is 29.2 Å². The predicted octanol–water partition coefficient (Wildman–Crippen LogP) is 4.70. The van der Waals surface area contributed by atoms with Crippen molar-refractivity contribution in [1.82, 2.24) is 4.31 Å². The molecule has 5 nitrogen and oxygen atoms in total. The van der Waals surface area contributed by atoms with Crippen LogP contribution in [0.25, 0.3) is 0 Å². The normalized spacial score (nSPS) is 11.5. The molecule has 3 aromatic rings. The van der Waals surface area contributed by atoms with Gasteiger partial charge in [-0.1, -0.05) is 73.2 Å². The molecular weight excluding hydrogens is 408 g/mol. The van der Waals surface area contributed by atoms with Crippen LogP contribution in [0.15, 0.2) is 77.7 Å². The number of aryl methyl sites for hydroxylation is 3. The third-order valence-electron chi connectivity index (χ3n) is 5.18. The molecule has 162 valence electrons. The van der Waals surface area contributed by atoms with E-state index in [0.29, 0.717) is 0 Å². The highest BCUT2D eigenvalue weighted by Gasteiger charge is 2.27. The lowest BCUT2D eigenvalue weighted by Crippen LogP contribution is -2.37. The predicted molar refractivity (Wildman–Crippen MR) is 124 cm³/mol. The summed E-state index contributed by atoms with van der Waals surface area (Å²) in [6.45, 7) is 5.69. The summed E-state index contributed by atoms with van der Waals surface area (Å²) in [7, 11) is -3.86. The molecule has 0 aromatic heterocycles. The summed E-state index contributed by atoms with van der Waals surface area (Å²) >= 11 is 0. The van der Waals surface area contributed by atoms with Gasteiger partial charge in [-0.25, -0.2) is 8.42 Å². The molecule has 31 heavy (non-hydrogen) atoms. The van der Waals surface area contributed by atoms with Gasteiger partial charge in [0.1, 0.15) is 0 Å². The summed E-state index contributed by atoms with van der Waals surface area (Å²) in [5.74, 6) is -0.365. The number of carbonyl (C=O) groups excluding carboxylic acids is 1. The molecule has 0 bridgehead atoms. The summed E-state index contributed by atoms with van der Waals surface area (Å²) in [5.41, 5.74) is 4.50.